The van der Waals surface area contributed by atoms with Crippen LogP contribution in [0.4, 0.5) is 14.6 Å². The molecule has 3 rings (SSSR count). The van der Waals surface area contributed by atoms with Crippen molar-refractivity contribution >= 4 is 23.6 Å². The Labute approximate surface area is 172 Å². The molecule has 0 bridgehead atoms. The number of alkyl halides is 2. The molecule has 0 saturated heterocycles. The average Bonchev–Trinajstić information content (AvgIpc) is 3.18. The fourth-order valence-electron chi connectivity index (χ4n) is 3.55. The largest absolute Gasteiger partial charge is 0.389 e. The van der Waals surface area contributed by atoms with E-state index < -0.39 is 12.3 Å². The Morgan fingerprint density at radius 3 is 2.70 bits per heavy atom. The molecule has 8 nitrogen and oxygen atoms in total. The summed E-state index contributed by atoms with van der Waals surface area (Å²) in [5.41, 5.74) is 5.67. The van der Waals surface area contributed by atoms with E-state index in [-0.39, 0.29) is 29.0 Å². The summed E-state index contributed by atoms with van der Waals surface area (Å²) in [5, 5.41) is 15.2. The third-order valence-corrected chi connectivity index (χ3v) is 5.06. The monoisotopic (exact) mass is 415 g/mol. The lowest BCUT2D eigenvalue weighted by Gasteiger charge is -2.30. The molecule has 0 aromatic carbocycles. The lowest BCUT2D eigenvalue weighted by molar-refractivity contribution is -0.117. The zero-order valence-electron chi connectivity index (χ0n) is 16.5. The molecular weight excluding hydrogens is 392 g/mol. The molecule has 10 heteroatoms. The number of carbonyl (C=O) groups is 1. The molecule has 30 heavy (non-hydrogen) atoms. The summed E-state index contributed by atoms with van der Waals surface area (Å²) in [6, 6.07) is 7.14. The molecule has 0 aliphatic heterocycles. The van der Waals surface area contributed by atoms with Gasteiger partial charge in [0.05, 0.1) is 5.57 Å². The number of hydrogen-bond donors (Lipinski definition) is 3. The Bertz CT molecular complexity index is 1010. The Kier molecular flexibility index (Phi) is 6.61. The van der Waals surface area contributed by atoms with Gasteiger partial charge in [-0.05, 0) is 37.8 Å². The van der Waals surface area contributed by atoms with Crippen molar-refractivity contribution in [3.63, 3.8) is 0 Å². The molecule has 0 radical (unpaired) electrons. The first-order valence-corrected chi connectivity index (χ1v) is 9.58. The second kappa shape index (κ2) is 9.35. The van der Waals surface area contributed by atoms with Gasteiger partial charge in [-0.25, -0.2) is 13.8 Å². The van der Waals surface area contributed by atoms with Crippen molar-refractivity contribution in [1.29, 1.82) is 5.26 Å². The zero-order chi connectivity index (χ0) is 21.7. The van der Waals surface area contributed by atoms with Crippen molar-refractivity contribution in [2.24, 2.45) is 10.7 Å². The minimum atomic E-state index is -2.62. The predicted octanol–water partition coefficient (Wildman–Crippen LogP) is 2.55. The number of nitrogens with zero attached hydrogens (tertiary/aromatic N) is 4. The summed E-state index contributed by atoms with van der Waals surface area (Å²) in [6.07, 6.45) is 3.03. The summed E-state index contributed by atoms with van der Waals surface area (Å²) in [5.74, 6) is 0.282. The Balaban J connectivity index is 1.61. The van der Waals surface area contributed by atoms with E-state index in [4.69, 9.17) is 11.0 Å². The van der Waals surface area contributed by atoms with Crippen LogP contribution in [0.1, 0.15) is 37.8 Å². The topological polar surface area (TPSA) is 121 Å². The molecule has 1 aliphatic carbocycles. The molecule has 2 aromatic rings. The van der Waals surface area contributed by atoms with Crippen LogP contribution in [0.2, 0.25) is 0 Å². The van der Waals surface area contributed by atoms with Crippen LogP contribution in [-0.4, -0.2) is 40.6 Å². The minimum Gasteiger partial charge on any atom is -0.389 e. The smallest absolute Gasteiger partial charge is 0.281 e. The second-order valence-corrected chi connectivity index (χ2v) is 7.10. The number of aromatic nitrogens is 2. The van der Waals surface area contributed by atoms with Crippen molar-refractivity contribution < 1.29 is 13.6 Å². The molecule has 0 atom stereocenters. The number of allylic oxidation sites excluding steroid dienone is 1. The van der Waals surface area contributed by atoms with Gasteiger partial charge < -0.3 is 16.4 Å². The predicted molar refractivity (Wildman–Crippen MR) is 109 cm³/mol. The summed E-state index contributed by atoms with van der Waals surface area (Å²) >= 11 is 0. The SMILES string of the molecule is CN=C/C(C(=O)NC1CCC(Nc2cccc3nc(C(F)F)cn23)CC1)=C(\N)C#N. The third-order valence-electron chi connectivity index (χ3n) is 5.06. The number of fused-ring (bicyclic) bond motifs is 1. The first-order chi connectivity index (χ1) is 14.4. The fourth-order valence-corrected chi connectivity index (χ4v) is 3.55. The summed E-state index contributed by atoms with van der Waals surface area (Å²) in [7, 11) is 1.50. The van der Waals surface area contributed by atoms with Gasteiger partial charge in [0.1, 0.15) is 28.9 Å². The molecule has 1 fully saturated rings. The number of pyridine rings is 1. The number of halogens is 2. The van der Waals surface area contributed by atoms with Crippen LogP contribution in [-0.2, 0) is 4.79 Å². The van der Waals surface area contributed by atoms with E-state index in [2.05, 4.69) is 20.6 Å². The van der Waals surface area contributed by atoms with E-state index in [1.165, 1.54) is 19.5 Å². The van der Waals surface area contributed by atoms with E-state index >= 15 is 0 Å². The number of anilines is 1. The molecule has 1 saturated carbocycles. The highest BCUT2D eigenvalue weighted by atomic mass is 19.3. The van der Waals surface area contributed by atoms with Crippen molar-refractivity contribution in [3.8, 4) is 6.07 Å². The normalized spacial score (nSPS) is 20.2. The van der Waals surface area contributed by atoms with Crippen LogP contribution in [0.3, 0.4) is 0 Å². The Morgan fingerprint density at radius 2 is 2.07 bits per heavy atom. The van der Waals surface area contributed by atoms with Crippen molar-refractivity contribution in [2.75, 3.05) is 12.4 Å². The quantitative estimate of drug-likeness (QED) is 0.380. The molecule has 1 amide bonds. The summed E-state index contributed by atoms with van der Waals surface area (Å²) in [6.45, 7) is 0. The van der Waals surface area contributed by atoms with Gasteiger partial charge in [0.2, 0.25) is 0 Å². The Morgan fingerprint density at radius 1 is 1.37 bits per heavy atom. The van der Waals surface area contributed by atoms with Gasteiger partial charge in [0, 0.05) is 31.5 Å². The van der Waals surface area contributed by atoms with Gasteiger partial charge in [-0.15, -0.1) is 0 Å². The standard InChI is InChI=1S/C20H23F2N7O/c1-25-10-14(15(24)9-23)20(30)27-13-7-5-12(6-8-13)26-17-3-2-4-18-28-16(19(21)22)11-29(17)18/h2-4,10-13,19,26H,5-8,24H2,1H3,(H,27,30)/b15-14+,25-10?. The van der Waals surface area contributed by atoms with Gasteiger partial charge >= 0.3 is 0 Å². The highest BCUT2D eigenvalue weighted by molar-refractivity contribution is 6.13. The molecule has 2 aromatic heterocycles. The molecule has 0 unspecified atom stereocenters. The van der Waals surface area contributed by atoms with Gasteiger partial charge in [0.15, 0.2) is 0 Å². The first-order valence-electron chi connectivity index (χ1n) is 9.58. The van der Waals surface area contributed by atoms with Crippen LogP contribution >= 0.6 is 0 Å². The van der Waals surface area contributed by atoms with Gasteiger partial charge in [-0.2, -0.15) is 5.26 Å². The molecule has 158 valence electrons. The molecule has 4 N–H and O–H groups in total. The number of nitrogens with one attached hydrogen (secondary N) is 2. The summed E-state index contributed by atoms with van der Waals surface area (Å²) in [4.78, 5) is 20.1. The fraction of sp³-hybridized carbons (Fsp3) is 0.400. The number of carbonyl (C=O) groups excluding carboxylic acids is 1. The van der Waals surface area contributed by atoms with Gasteiger partial charge in [-0.3, -0.25) is 14.2 Å². The van der Waals surface area contributed by atoms with E-state index in [0.29, 0.717) is 11.5 Å². The number of hydrogen-bond acceptors (Lipinski definition) is 6. The van der Waals surface area contributed by atoms with Crippen molar-refractivity contribution in [3.05, 3.63) is 41.4 Å². The van der Waals surface area contributed by atoms with Crippen molar-refractivity contribution in [1.82, 2.24) is 14.7 Å². The number of imidazole rings is 1. The van der Waals surface area contributed by atoms with Crippen LogP contribution in [0, 0.1) is 11.3 Å². The minimum absolute atomic E-state index is 0.0447. The lowest BCUT2D eigenvalue weighted by Crippen LogP contribution is -2.41. The molecule has 0 spiro atoms. The third kappa shape index (κ3) is 4.74. The van der Waals surface area contributed by atoms with E-state index in [0.717, 1.165) is 25.7 Å². The van der Waals surface area contributed by atoms with Gasteiger partial charge in [-0.1, -0.05) is 6.07 Å². The molecule has 1 aliphatic rings. The maximum absolute atomic E-state index is 13.0. The molecule has 2 heterocycles. The van der Waals surface area contributed by atoms with Crippen LogP contribution in [0.25, 0.3) is 5.65 Å². The van der Waals surface area contributed by atoms with E-state index in [1.54, 1.807) is 22.6 Å². The number of aliphatic imine (C=N–C) groups is 1. The number of nitriles is 1. The van der Waals surface area contributed by atoms with Crippen molar-refractivity contribution in [2.45, 2.75) is 44.2 Å². The Hall–Kier alpha value is -3.48. The van der Waals surface area contributed by atoms with Gasteiger partial charge in [0.25, 0.3) is 12.3 Å². The van der Waals surface area contributed by atoms with Crippen LogP contribution < -0.4 is 16.4 Å². The van der Waals surface area contributed by atoms with Crippen LogP contribution in [0.15, 0.2) is 40.7 Å². The van der Waals surface area contributed by atoms with E-state index in [1.807, 2.05) is 6.07 Å². The highest BCUT2D eigenvalue weighted by Gasteiger charge is 2.24. The maximum Gasteiger partial charge on any atom is 0.281 e. The lowest BCUT2D eigenvalue weighted by atomic mass is 9.91. The first kappa shape index (κ1) is 21.2. The number of nitrogens with two attached hydrogens (primary N) is 1. The number of rotatable bonds is 6. The average molecular weight is 415 g/mol. The van der Waals surface area contributed by atoms with E-state index in [9.17, 15) is 13.6 Å². The second-order valence-electron chi connectivity index (χ2n) is 7.10. The van der Waals surface area contributed by atoms with Crippen LogP contribution in [0.5, 0.6) is 0 Å². The molecular formula is C20H23F2N7O. The summed E-state index contributed by atoms with van der Waals surface area (Å²) < 4.78 is 27.5. The maximum atomic E-state index is 13.0. The zero-order valence-corrected chi connectivity index (χ0v) is 16.5. The highest BCUT2D eigenvalue weighted by Crippen LogP contribution is 2.25. The number of amides is 1.